The number of anilines is 1. The number of esters is 1. The highest BCUT2D eigenvalue weighted by atomic mass is 32.7. The third-order valence-corrected chi connectivity index (χ3v) is 10.5. The van der Waals surface area contributed by atoms with Crippen molar-refractivity contribution in [3.05, 3.63) is 52.6 Å². The van der Waals surface area contributed by atoms with Crippen molar-refractivity contribution < 1.29 is 33.6 Å². The number of imidazole rings is 1. The molecule has 204 valence electrons. The molecule has 2 aliphatic heterocycles. The zero-order chi connectivity index (χ0) is 27.2. The molecule has 4 heterocycles. The number of benzene rings is 1. The van der Waals surface area contributed by atoms with Gasteiger partial charge in [-0.3, -0.25) is 23.7 Å². The highest BCUT2D eigenvalue weighted by molar-refractivity contribution is 8.56. The van der Waals surface area contributed by atoms with Crippen LogP contribution in [-0.4, -0.2) is 71.9 Å². The van der Waals surface area contributed by atoms with Crippen LogP contribution < -0.4 is 16.4 Å². The number of fused-ring (bicyclic) bond motifs is 1. The van der Waals surface area contributed by atoms with Crippen molar-refractivity contribution in [2.24, 2.45) is 0 Å². The first-order valence-corrected chi connectivity index (χ1v) is 14.9. The Morgan fingerprint density at radius 1 is 1.42 bits per heavy atom. The zero-order valence-electron chi connectivity index (χ0n) is 20.4. The van der Waals surface area contributed by atoms with Gasteiger partial charge in [-0.05, 0) is 19.4 Å². The van der Waals surface area contributed by atoms with Gasteiger partial charge in [0.1, 0.15) is 30.0 Å². The maximum atomic E-state index is 13.2. The number of rotatable bonds is 7. The van der Waals surface area contributed by atoms with Crippen LogP contribution in [0, 0.1) is 0 Å². The molecule has 2 fully saturated rings. The minimum absolute atomic E-state index is 0.0247. The van der Waals surface area contributed by atoms with Crippen molar-refractivity contribution in [1.29, 1.82) is 0 Å². The molecule has 16 heteroatoms. The van der Waals surface area contributed by atoms with E-state index in [0.717, 1.165) is 16.9 Å². The van der Waals surface area contributed by atoms with Crippen molar-refractivity contribution in [1.82, 2.24) is 24.6 Å². The Hall–Kier alpha value is -2.78. The minimum atomic E-state index is -3.55. The first-order valence-electron chi connectivity index (χ1n) is 11.7. The molecule has 7 atom stereocenters. The molecule has 2 aliphatic rings. The lowest BCUT2D eigenvalue weighted by Gasteiger charge is -2.27. The lowest BCUT2D eigenvalue weighted by molar-refractivity contribution is -0.150. The number of carbonyl (C=O) groups is 1. The quantitative estimate of drug-likeness (QED) is 0.199. The van der Waals surface area contributed by atoms with E-state index in [1.165, 1.54) is 17.8 Å². The Morgan fingerprint density at radius 3 is 2.89 bits per heavy atom. The highest BCUT2D eigenvalue weighted by Crippen LogP contribution is 2.61. The zero-order valence-corrected chi connectivity index (χ0v) is 22.1. The van der Waals surface area contributed by atoms with Gasteiger partial charge in [0.05, 0.1) is 12.9 Å². The number of nitrogen functional groups attached to an aromatic ring is 1. The van der Waals surface area contributed by atoms with Crippen LogP contribution in [0.25, 0.3) is 11.2 Å². The summed E-state index contributed by atoms with van der Waals surface area (Å²) in [5.41, 5.74) is 4.07. The molecule has 0 saturated carbocycles. The average Bonchev–Trinajstić information content (AvgIpc) is 3.54. The number of aromatic nitrogens is 4. The molecular formula is C22H27N6O8PS. The van der Waals surface area contributed by atoms with Crippen LogP contribution in [-0.2, 0) is 23.4 Å². The van der Waals surface area contributed by atoms with Crippen molar-refractivity contribution in [3.8, 4) is 0 Å². The molecule has 1 aromatic carbocycles. The number of aliphatic hydroxyl groups excluding tert-OH is 1. The van der Waals surface area contributed by atoms with Gasteiger partial charge < -0.3 is 29.9 Å². The average molecular weight is 567 g/mol. The van der Waals surface area contributed by atoms with Crippen LogP contribution in [0.4, 0.5) is 5.95 Å². The van der Waals surface area contributed by atoms with Crippen LogP contribution in [0.2, 0.25) is 0 Å². The number of nitrogens with one attached hydrogen (secondary N) is 2. The summed E-state index contributed by atoms with van der Waals surface area (Å²) in [7, 11) is 0. The van der Waals surface area contributed by atoms with E-state index in [-0.39, 0.29) is 29.5 Å². The van der Waals surface area contributed by atoms with E-state index in [4.69, 9.17) is 19.7 Å². The fraction of sp³-hybridized carbons (Fsp3) is 0.455. The van der Waals surface area contributed by atoms with Gasteiger partial charge in [0, 0.05) is 5.75 Å². The van der Waals surface area contributed by atoms with E-state index in [1.54, 1.807) is 6.92 Å². The fourth-order valence-corrected chi connectivity index (χ4v) is 8.23. The maximum Gasteiger partial charge on any atom is 0.327 e. The Morgan fingerprint density at radius 2 is 2.16 bits per heavy atom. The summed E-state index contributed by atoms with van der Waals surface area (Å²) in [6.45, 7) is -0.825. The third kappa shape index (κ3) is 4.98. The predicted octanol–water partition coefficient (Wildman–Crippen LogP) is 0.845. The van der Waals surface area contributed by atoms with Gasteiger partial charge >= 0.3 is 12.7 Å². The molecule has 2 saturated heterocycles. The molecule has 2 unspecified atom stereocenters. The number of hydrogen-bond donors (Lipinski definition) is 5. The van der Waals surface area contributed by atoms with E-state index in [1.807, 2.05) is 30.3 Å². The SMILES string of the molecule is C[C@@H](OC(=O)C1CS[P@@](=O)(OCC2O[C@@H](n3cnc4c(=O)[nH]c(N)nc43)[C@](C)(O)[C@@H]2O)N1)c1ccccc1. The summed E-state index contributed by atoms with van der Waals surface area (Å²) >= 11 is 0.937. The second-order valence-electron chi connectivity index (χ2n) is 9.23. The molecule has 0 aliphatic carbocycles. The summed E-state index contributed by atoms with van der Waals surface area (Å²) in [6.07, 6.45) is -3.03. The van der Waals surface area contributed by atoms with E-state index in [9.17, 15) is 24.4 Å². The van der Waals surface area contributed by atoms with Crippen molar-refractivity contribution in [3.63, 3.8) is 0 Å². The lowest BCUT2D eigenvalue weighted by atomic mass is 9.96. The van der Waals surface area contributed by atoms with Crippen LogP contribution in [0.5, 0.6) is 0 Å². The van der Waals surface area contributed by atoms with Gasteiger partial charge in [0.25, 0.3) is 5.56 Å². The molecule has 0 spiro atoms. The van der Waals surface area contributed by atoms with Crippen molar-refractivity contribution in [2.75, 3.05) is 18.1 Å². The Balaban J connectivity index is 1.23. The molecule has 38 heavy (non-hydrogen) atoms. The van der Waals surface area contributed by atoms with Crippen LogP contribution in [0.15, 0.2) is 41.5 Å². The highest BCUT2D eigenvalue weighted by Gasteiger charge is 2.54. The largest absolute Gasteiger partial charge is 0.457 e. The number of hydrogen-bond acceptors (Lipinski definition) is 12. The Kier molecular flexibility index (Phi) is 7.11. The second kappa shape index (κ2) is 10.1. The van der Waals surface area contributed by atoms with E-state index >= 15 is 0 Å². The number of carbonyl (C=O) groups excluding carboxylic acids is 1. The molecular weight excluding hydrogens is 539 g/mol. The van der Waals surface area contributed by atoms with E-state index in [2.05, 4.69) is 20.0 Å². The Bertz CT molecular complexity index is 1450. The number of ether oxygens (including phenoxy) is 2. The first kappa shape index (κ1) is 26.8. The van der Waals surface area contributed by atoms with Gasteiger partial charge in [0.2, 0.25) is 5.95 Å². The summed E-state index contributed by atoms with van der Waals surface area (Å²) in [6, 6.07) is 8.37. The number of aliphatic hydroxyl groups is 2. The molecule has 0 amide bonds. The van der Waals surface area contributed by atoms with E-state index < -0.39 is 54.4 Å². The van der Waals surface area contributed by atoms with Gasteiger partial charge in [-0.2, -0.15) is 4.98 Å². The number of nitrogens with zero attached hydrogens (tertiary/aromatic N) is 3. The molecule has 0 radical (unpaired) electrons. The minimum Gasteiger partial charge on any atom is -0.457 e. The van der Waals surface area contributed by atoms with Gasteiger partial charge in [-0.15, -0.1) is 0 Å². The van der Waals surface area contributed by atoms with Gasteiger partial charge in [0.15, 0.2) is 17.4 Å². The third-order valence-electron chi connectivity index (χ3n) is 6.44. The molecule has 14 nitrogen and oxygen atoms in total. The lowest BCUT2D eigenvalue weighted by Crippen LogP contribution is -2.44. The van der Waals surface area contributed by atoms with Crippen molar-refractivity contribution >= 4 is 41.2 Å². The topological polar surface area (TPSA) is 204 Å². The summed E-state index contributed by atoms with van der Waals surface area (Å²) < 4.78 is 31.5. The Labute approximate surface area is 220 Å². The maximum absolute atomic E-state index is 13.2. The fourth-order valence-electron chi connectivity index (χ4n) is 4.35. The van der Waals surface area contributed by atoms with Crippen LogP contribution in [0.1, 0.15) is 31.7 Å². The number of H-pyrrole nitrogens is 1. The molecule has 5 rings (SSSR count). The second-order valence-corrected chi connectivity index (χ2v) is 13.6. The number of aromatic amines is 1. The standard InChI is InChI=1S/C22H27N6O8PS/c1-11(12-6-4-3-5-7-12)35-19(31)13-9-38-37(33,27-13)34-8-14-16(29)22(2,32)20(36-14)28-10-24-15-17(28)25-21(23)26-18(15)30/h3-7,10-11,13-14,16,20,29,32H,8-9H2,1-2H3,(H,27,33)(H3,23,25,26,30)/t11-,13?,14?,16-,20-,22-,37+/m1/s1. The molecule has 6 N–H and O–H groups in total. The van der Waals surface area contributed by atoms with Crippen LogP contribution >= 0.6 is 18.1 Å². The predicted molar refractivity (Wildman–Crippen MR) is 137 cm³/mol. The van der Waals surface area contributed by atoms with Gasteiger partial charge in [-0.25, -0.2) is 10.1 Å². The summed E-state index contributed by atoms with van der Waals surface area (Å²) in [5.74, 6) is -0.561. The molecule has 3 aromatic rings. The molecule has 0 bridgehead atoms. The smallest absolute Gasteiger partial charge is 0.327 e. The summed E-state index contributed by atoms with van der Waals surface area (Å²) in [4.78, 5) is 35.1. The van der Waals surface area contributed by atoms with Crippen LogP contribution in [0.3, 0.4) is 0 Å². The molecule has 2 aromatic heterocycles. The van der Waals surface area contributed by atoms with E-state index in [0.29, 0.717) is 0 Å². The van der Waals surface area contributed by atoms with Crippen molar-refractivity contribution in [2.45, 2.75) is 50.0 Å². The van der Waals surface area contributed by atoms with Gasteiger partial charge in [-0.1, -0.05) is 41.7 Å². The summed E-state index contributed by atoms with van der Waals surface area (Å²) in [5, 5.41) is 24.5. The first-order chi connectivity index (χ1) is 18.0. The normalized spacial score (nSPS) is 32.0. The monoisotopic (exact) mass is 566 g/mol. The number of nitrogens with two attached hydrogens (primary N) is 1.